The number of aromatic nitrogens is 3. The lowest BCUT2D eigenvalue weighted by atomic mass is 9.92. The van der Waals surface area contributed by atoms with Crippen molar-refractivity contribution in [3.63, 3.8) is 0 Å². The Morgan fingerprint density at radius 1 is 1.04 bits per heavy atom. The SMILES string of the molecule is CN1C[C@@H]2CN(c3ccc(-c4ccc5[nH]ccc5c4)nn3)[C@@H]2C1. The highest BCUT2D eigenvalue weighted by atomic mass is 15.4. The van der Waals surface area contributed by atoms with Crippen molar-refractivity contribution in [1.29, 1.82) is 0 Å². The van der Waals surface area contributed by atoms with E-state index in [-0.39, 0.29) is 0 Å². The van der Waals surface area contributed by atoms with Crippen molar-refractivity contribution in [2.24, 2.45) is 5.92 Å². The summed E-state index contributed by atoms with van der Waals surface area (Å²) in [6.45, 7) is 3.46. The van der Waals surface area contributed by atoms with E-state index in [0.29, 0.717) is 6.04 Å². The van der Waals surface area contributed by atoms with E-state index < -0.39 is 0 Å². The van der Waals surface area contributed by atoms with Crippen LogP contribution in [0.15, 0.2) is 42.6 Å². The van der Waals surface area contributed by atoms with E-state index in [1.165, 1.54) is 11.9 Å². The minimum atomic E-state index is 0.622. The van der Waals surface area contributed by atoms with Crippen LogP contribution < -0.4 is 4.90 Å². The van der Waals surface area contributed by atoms with E-state index in [4.69, 9.17) is 0 Å². The molecule has 5 heteroatoms. The Kier molecular flexibility index (Phi) is 2.73. The number of hydrogen-bond acceptors (Lipinski definition) is 4. The van der Waals surface area contributed by atoms with E-state index in [2.05, 4.69) is 68.4 Å². The number of rotatable bonds is 2. The first-order valence-electron chi connectivity index (χ1n) is 8.14. The van der Waals surface area contributed by atoms with Gasteiger partial charge in [-0.05, 0) is 37.4 Å². The van der Waals surface area contributed by atoms with E-state index in [1.54, 1.807) is 0 Å². The third-order valence-electron chi connectivity index (χ3n) is 5.21. The normalized spacial score (nSPS) is 24.0. The highest BCUT2D eigenvalue weighted by Crippen LogP contribution is 2.35. The molecular weight excluding hydrogens is 286 g/mol. The van der Waals surface area contributed by atoms with Gasteiger partial charge in [-0.1, -0.05) is 6.07 Å². The van der Waals surface area contributed by atoms with Gasteiger partial charge >= 0.3 is 0 Å². The predicted octanol–water partition coefficient (Wildman–Crippen LogP) is 2.38. The third-order valence-corrected chi connectivity index (χ3v) is 5.21. The van der Waals surface area contributed by atoms with Crippen molar-refractivity contribution in [2.45, 2.75) is 6.04 Å². The molecule has 0 unspecified atom stereocenters. The van der Waals surface area contributed by atoms with Gasteiger partial charge in [-0.3, -0.25) is 0 Å². The number of likely N-dealkylation sites (tertiary alicyclic amines) is 1. The Hall–Kier alpha value is -2.40. The van der Waals surface area contributed by atoms with Crippen molar-refractivity contribution in [3.8, 4) is 11.3 Å². The van der Waals surface area contributed by atoms with Gasteiger partial charge in [0.25, 0.3) is 0 Å². The topological polar surface area (TPSA) is 48.0 Å². The molecule has 2 aliphatic rings. The number of H-pyrrole nitrogens is 1. The van der Waals surface area contributed by atoms with Crippen LogP contribution in [-0.2, 0) is 0 Å². The number of likely N-dealkylation sites (N-methyl/N-ethyl adjacent to an activating group) is 1. The van der Waals surface area contributed by atoms with Crippen LogP contribution in [0.4, 0.5) is 5.82 Å². The Labute approximate surface area is 134 Å². The highest BCUT2D eigenvalue weighted by Gasteiger charge is 2.45. The van der Waals surface area contributed by atoms with E-state index in [0.717, 1.165) is 41.6 Å². The lowest BCUT2D eigenvalue weighted by Crippen LogP contribution is -2.56. The maximum absolute atomic E-state index is 4.48. The van der Waals surface area contributed by atoms with E-state index in [9.17, 15) is 0 Å². The van der Waals surface area contributed by atoms with Gasteiger partial charge in [0.2, 0.25) is 0 Å². The summed E-state index contributed by atoms with van der Waals surface area (Å²) < 4.78 is 0. The summed E-state index contributed by atoms with van der Waals surface area (Å²) in [7, 11) is 2.20. The summed E-state index contributed by atoms with van der Waals surface area (Å²) in [5, 5.41) is 10.1. The summed E-state index contributed by atoms with van der Waals surface area (Å²) in [5.41, 5.74) is 3.19. The summed E-state index contributed by atoms with van der Waals surface area (Å²) in [5.74, 6) is 1.81. The molecular formula is C18H19N5. The monoisotopic (exact) mass is 305 g/mol. The average Bonchev–Trinajstić information content (AvgIpc) is 3.14. The quantitative estimate of drug-likeness (QED) is 0.790. The fraction of sp³-hybridized carbons (Fsp3) is 0.333. The van der Waals surface area contributed by atoms with Gasteiger partial charge in [0.1, 0.15) is 0 Å². The molecule has 0 saturated carbocycles. The standard InChI is InChI=1S/C18H19N5/c1-22-9-14-10-23(17(14)11-22)18-5-4-16(20-21-18)12-2-3-15-13(8-12)6-7-19-15/h2-8,14,17,19H,9-11H2,1H3/t14-,17-/m1/s1. The zero-order valence-electron chi connectivity index (χ0n) is 13.1. The second kappa shape index (κ2) is 4.80. The van der Waals surface area contributed by atoms with Crippen LogP contribution in [0.5, 0.6) is 0 Å². The van der Waals surface area contributed by atoms with Crippen molar-refractivity contribution in [1.82, 2.24) is 20.1 Å². The number of aromatic amines is 1. The van der Waals surface area contributed by atoms with Gasteiger partial charge in [0.15, 0.2) is 5.82 Å². The number of nitrogens with zero attached hydrogens (tertiary/aromatic N) is 4. The van der Waals surface area contributed by atoms with Gasteiger partial charge in [0, 0.05) is 54.3 Å². The molecule has 2 fully saturated rings. The molecule has 2 aliphatic heterocycles. The van der Waals surface area contributed by atoms with Crippen LogP contribution in [0.3, 0.4) is 0 Å². The Morgan fingerprint density at radius 3 is 2.83 bits per heavy atom. The number of hydrogen-bond donors (Lipinski definition) is 1. The second-order valence-electron chi connectivity index (χ2n) is 6.76. The van der Waals surface area contributed by atoms with Crippen molar-refractivity contribution >= 4 is 16.7 Å². The minimum Gasteiger partial charge on any atom is -0.361 e. The van der Waals surface area contributed by atoms with Crippen LogP contribution >= 0.6 is 0 Å². The molecule has 116 valence electrons. The molecule has 0 aliphatic carbocycles. The van der Waals surface area contributed by atoms with Crippen LogP contribution in [-0.4, -0.2) is 52.8 Å². The number of fused-ring (bicyclic) bond motifs is 2. The first-order chi connectivity index (χ1) is 11.3. The van der Waals surface area contributed by atoms with Gasteiger partial charge in [-0.15, -0.1) is 10.2 Å². The first-order valence-corrected chi connectivity index (χ1v) is 8.14. The maximum Gasteiger partial charge on any atom is 0.151 e. The maximum atomic E-state index is 4.48. The molecule has 0 spiro atoms. The zero-order chi connectivity index (χ0) is 15.4. The molecule has 5 nitrogen and oxygen atoms in total. The molecule has 0 bridgehead atoms. The molecule has 2 aromatic heterocycles. The van der Waals surface area contributed by atoms with Crippen molar-refractivity contribution in [3.05, 3.63) is 42.6 Å². The molecule has 4 heterocycles. The Balaban J connectivity index is 1.41. The fourth-order valence-electron chi connectivity index (χ4n) is 3.96. The molecule has 2 saturated heterocycles. The van der Waals surface area contributed by atoms with Crippen LogP contribution in [0.2, 0.25) is 0 Å². The summed E-state index contributed by atoms with van der Waals surface area (Å²) in [6.07, 6.45) is 1.96. The fourth-order valence-corrected chi connectivity index (χ4v) is 3.96. The minimum absolute atomic E-state index is 0.622. The lowest BCUT2D eigenvalue weighted by Gasteiger charge is -2.44. The Bertz CT molecular complexity index is 853. The van der Waals surface area contributed by atoms with Crippen molar-refractivity contribution in [2.75, 3.05) is 31.6 Å². The average molecular weight is 305 g/mol. The lowest BCUT2D eigenvalue weighted by molar-refractivity contribution is 0.357. The summed E-state index contributed by atoms with van der Waals surface area (Å²) in [4.78, 5) is 8.01. The summed E-state index contributed by atoms with van der Waals surface area (Å²) >= 11 is 0. The smallest absolute Gasteiger partial charge is 0.151 e. The Morgan fingerprint density at radius 2 is 2.00 bits per heavy atom. The summed E-state index contributed by atoms with van der Waals surface area (Å²) in [6, 6.07) is 13.2. The second-order valence-corrected chi connectivity index (χ2v) is 6.76. The van der Waals surface area contributed by atoms with Crippen LogP contribution in [0, 0.1) is 5.92 Å². The first kappa shape index (κ1) is 13.1. The largest absolute Gasteiger partial charge is 0.361 e. The van der Waals surface area contributed by atoms with Crippen molar-refractivity contribution < 1.29 is 0 Å². The van der Waals surface area contributed by atoms with E-state index in [1.807, 2.05) is 6.20 Å². The number of benzene rings is 1. The molecule has 23 heavy (non-hydrogen) atoms. The molecule has 3 aromatic rings. The molecule has 2 atom stereocenters. The van der Waals surface area contributed by atoms with E-state index >= 15 is 0 Å². The molecule has 0 radical (unpaired) electrons. The zero-order valence-corrected chi connectivity index (χ0v) is 13.1. The predicted molar refractivity (Wildman–Crippen MR) is 91.4 cm³/mol. The molecule has 5 rings (SSSR count). The highest BCUT2D eigenvalue weighted by molar-refractivity contribution is 5.84. The molecule has 1 N–H and O–H groups in total. The van der Waals surface area contributed by atoms with Gasteiger partial charge < -0.3 is 14.8 Å². The third kappa shape index (κ3) is 2.04. The molecule has 0 amide bonds. The molecule has 1 aromatic carbocycles. The van der Waals surface area contributed by atoms with Gasteiger partial charge in [-0.25, -0.2) is 0 Å². The number of nitrogens with one attached hydrogen (secondary N) is 1. The van der Waals surface area contributed by atoms with Gasteiger partial charge in [0.05, 0.1) is 5.69 Å². The van der Waals surface area contributed by atoms with Crippen LogP contribution in [0.1, 0.15) is 0 Å². The van der Waals surface area contributed by atoms with Gasteiger partial charge in [-0.2, -0.15) is 0 Å². The number of anilines is 1. The van der Waals surface area contributed by atoms with Crippen LogP contribution in [0.25, 0.3) is 22.2 Å².